The summed E-state index contributed by atoms with van der Waals surface area (Å²) >= 11 is 5.77. The van der Waals surface area contributed by atoms with Gasteiger partial charge in [0.15, 0.2) is 11.6 Å². The minimum Gasteiger partial charge on any atom is -0.406 e. The van der Waals surface area contributed by atoms with Crippen LogP contribution in [0.3, 0.4) is 0 Å². The van der Waals surface area contributed by atoms with Crippen molar-refractivity contribution in [1.82, 2.24) is 0 Å². The molecule has 1 saturated heterocycles. The van der Waals surface area contributed by atoms with Gasteiger partial charge in [-0.05, 0) is 43.7 Å². The Balaban J connectivity index is 2.41. The maximum Gasteiger partial charge on any atom is 0.425 e. The van der Waals surface area contributed by atoms with Gasteiger partial charge in [0.2, 0.25) is 0 Å². The predicted octanol–water partition coefficient (Wildman–Crippen LogP) is 3.57. The fraction of sp³-hybridized carbons (Fsp3) is 0.167. The van der Waals surface area contributed by atoms with Crippen molar-refractivity contribution < 1.29 is 9.53 Å². The highest BCUT2D eigenvalue weighted by Gasteiger charge is 2.35. The van der Waals surface area contributed by atoms with Gasteiger partial charge in [0.25, 0.3) is 0 Å². The lowest BCUT2D eigenvalue weighted by Crippen LogP contribution is -2.27. The second-order valence-electron chi connectivity index (χ2n) is 3.86. The van der Waals surface area contributed by atoms with Gasteiger partial charge < -0.3 is 4.74 Å². The van der Waals surface area contributed by atoms with Gasteiger partial charge in [-0.2, -0.15) is 0 Å². The lowest BCUT2D eigenvalue weighted by atomic mass is 10.2. The lowest BCUT2D eigenvalue weighted by molar-refractivity contribution is 0.198. The molecule has 0 atom stereocenters. The number of ether oxygens (including phenoxy) is 1. The third-order valence-electron chi connectivity index (χ3n) is 2.35. The standard InChI is InChI=1S/C12H11ClN2O2/c1-7(2)10-11(14)15(12(16)17-10)9-5-3-8(13)4-6-9/h3-6,14H,1-2H3. The molecule has 0 aromatic heterocycles. The van der Waals surface area contributed by atoms with E-state index in [9.17, 15) is 4.79 Å². The number of amidine groups is 1. The number of carbonyl (C=O) groups is 1. The van der Waals surface area contributed by atoms with E-state index in [4.69, 9.17) is 21.7 Å². The molecule has 0 bridgehead atoms. The van der Waals surface area contributed by atoms with Crippen LogP contribution < -0.4 is 4.90 Å². The number of halogens is 1. The van der Waals surface area contributed by atoms with Crippen molar-refractivity contribution in [2.45, 2.75) is 13.8 Å². The molecule has 4 nitrogen and oxygen atoms in total. The van der Waals surface area contributed by atoms with Gasteiger partial charge in [-0.15, -0.1) is 0 Å². The van der Waals surface area contributed by atoms with Crippen LogP contribution in [0, 0.1) is 5.41 Å². The van der Waals surface area contributed by atoms with Crippen LogP contribution in [0.1, 0.15) is 13.8 Å². The smallest absolute Gasteiger partial charge is 0.406 e. The maximum atomic E-state index is 11.7. The van der Waals surface area contributed by atoms with Gasteiger partial charge in [0.05, 0.1) is 5.69 Å². The van der Waals surface area contributed by atoms with E-state index in [0.717, 1.165) is 5.57 Å². The summed E-state index contributed by atoms with van der Waals surface area (Å²) in [6.07, 6.45) is -0.562. The quantitative estimate of drug-likeness (QED) is 0.828. The largest absolute Gasteiger partial charge is 0.425 e. The van der Waals surface area contributed by atoms with Crippen LogP contribution in [-0.4, -0.2) is 11.9 Å². The van der Waals surface area contributed by atoms with Crippen molar-refractivity contribution in [2.75, 3.05) is 4.90 Å². The van der Waals surface area contributed by atoms with Crippen molar-refractivity contribution in [3.05, 3.63) is 40.6 Å². The van der Waals surface area contributed by atoms with E-state index in [0.29, 0.717) is 16.5 Å². The summed E-state index contributed by atoms with van der Waals surface area (Å²) < 4.78 is 5.04. The predicted molar refractivity (Wildman–Crippen MR) is 66.5 cm³/mol. The molecule has 5 heteroatoms. The topological polar surface area (TPSA) is 53.4 Å². The normalized spacial score (nSPS) is 15.2. The van der Waals surface area contributed by atoms with E-state index in [1.54, 1.807) is 38.1 Å². The number of cyclic esters (lactones) is 1. The molecule has 2 rings (SSSR count). The first-order chi connectivity index (χ1) is 8.00. The van der Waals surface area contributed by atoms with Gasteiger partial charge in [-0.3, -0.25) is 5.41 Å². The molecule has 0 radical (unpaired) electrons. The zero-order valence-electron chi connectivity index (χ0n) is 9.45. The van der Waals surface area contributed by atoms with E-state index in [-0.39, 0.29) is 5.84 Å². The SMILES string of the molecule is CC(C)=C1OC(=O)N(c2ccc(Cl)cc2)C1=N. The van der Waals surface area contributed by atoms with Crippen LogP contribution >= 0.6 is 11.6 Å². The highest BCUT2D eigenvalue weighted by atomic mass is 35.5. The second-order valence-corrected chi connectivity index (χ2v) is 4.29. The first kappa shape index (κ1) is 11.7. The molecule has 1 aromatic carbocycles. The molecular formula is C12H11ClN2O2. The van der Waals surface area contributed by atoms with Crippen LogP contribution in [-0.2, 0) is 4.74 Å². The van der Waals surface area contributed by atoms with Gasteiger partial charge >= 0.3 is 6.09 Å². The number of nitrogens with one attached hydrogen (secondary N) is 1. The Bertz CT molecular complexity index is 516. The molecule has 0 saturated carbocycles. The highest BCUT2D eigenvalue weighted by molar-refractivity contribution is 6.31. The number of hydrogen-bond donors (Lipinski definition) is 1. The van der Waals surface area contributed by atoms with Crippen LogP contribution in [0.25, 0.3) is 0 Å². The van der Waals surface area contributed by atoms with Crippen molar-refractivity contribution in [3.63, 3.8) is 0 Å². The van der Waals surface area contributed by atoms with Crippen LogP contribution in [0.5, 0.6) is 0 Å². The first-order valence-corrected chi connectivity index (χ1v) is 5.42. The summed E-state index contributed by atoms with van der Waals surface area (Å²) in [6, 6.07) is 6.67. The maximum absolute atomic E-state index is 11.7. The van der Waals surface area contributed by atoms with E-state index < -0.39 is 6.09 Å². The molecule has 1 N–H and O–H groups in total. The molecule has 88 valence electrons. The van der Waals surface area contributed by atoms with Crippen LogP contribution in [0.15, 0.2) is 35.6 Å². The summed E-state index contributed by atoms with van der Waals surface area (Å²) in [5.74, 6) is 0.363. The first-order valence-electron chi connectivity index (χ1n) is 5.04. The number of anilines is 1. The molecule has 1 fully saturated rings. The Morgan fingerprint density at radius 3 is 2.35 bits per heavy atom. The zero-order chi connectivity index (χ0) is 12.6. The molecule has 1 aromatic rings. The molecular weight excluding hydrogens is 240 g/mol. The van der Waals surface area contributed by atoms with Crippen molar-refractivity contribution in [3.8, 4) is 0 Å². The van der Waals surface area contributed by atoms with E-state index in [1.807, 2.05) is 0 Å². The van der Waals surface area contributed by atoms with E-state index >= 15 is 0 Å². The van der Waals surface area contributed by atoms with Crippen LogP contribution in [0.4, 0.5) is 10.5 Å². The van der Waals surface area contributed by atoms with Gasteiger partial charge in [-0.1, -0.05) is 11.6 Å². The number of benzene rings is 1. The van der Waals surface area contributed by atoms with Gasteiger partial charge in [-0.25, -0.2) is 9.69 Å². The van der Waals surface area contributed by atoms with Crippen molar-refractivity contribution >= 4 is 29.2 Å². The molecule has 0 spiro atoms. The van der Waals surface area contributed by atoms with E-state index in [1.165, 1.54) is 4.90 Å². The minimum absolute atomic E-state index is 0.0531. The third-order valence-corrected chi connectivity index (χ3v) is 2.60. The number of carbonyl (C=O) groups excluding carboxylic acids is 1. The molecule has 17 heavy (non-hydrogen) atoms. The summed E-state index contributed by atoms with van der Waals surface area (Å²) in [4.78, 5) is 12.9. The van der Waals surface area contributed by atoms with Crippen molar-refractivity contribution in [1.29, 1.82) is 5.41 Å². The number of amides is 1. The molecule has 1 amide bonds. The minimum atomic E-state index is -0.562. The Morgan fingerprint density at radius 2 is 1.88 bits per heavy atom. The lowest BCUT2D eigenvalue weighted by Gasteiger charge is -2.11. The van der Waals surface area contributed by atoms with Gasteiger partial charge in [0.1, 0.15) is 0 Å². The fourth-order valence-electron chi connectivity index (χ4n) is 1.54. The fourth-order valence-corrected chi connectivity index (χ4v) is 1.66. The van der Waals surface area contributed by atoms with Gasteiger partial charge in [0, 0.05) is 5.02 Å². The molecule has 0 unspecified atom stereocenters. The number of allylic oxidation sites excluding steroid dienone is 1. The second kappa shape index (κ2) is 4.22. The Hall–Kier alpha value is -1.81. The van der Waals surface area contributed by atoms with Crippen LogP contribution in [0.2, 0.25) is 5.02 Å². The monoisotopic (exact) mass is 250 g/mol. The average molecular weight is 251 g/mol. The molecule has 1 aliphatic rings. The average Bonchev–Trinajstić information content (AvgIpc) is 2.56. The summed E-state index contributed by atoms with van der Waals surface area (Å²) in [7, 11) is 0. The molecule has 1 aliphatic heterocycles. The van der Waals surface area contributed by atoms with E-state index in [2.05, 4.69) is 0 Å². The highest BCUT2D eigenvalue weighted by Crippen LogP contribution is 2.27. The molecule has 1 heterocycles. The van der Waals surface area contributed by atoms with Crippen molar-refractivity contribution in [2.24, 2.45) is 0 Å². The zero-order valence-corrected chi connectivity index (χ0v) is 10.2. The Kier molecular flexibility index (Phi) is 2.90. The Morgan fingerprint density at radius 1 is 1.29 bits per heavy atom. The number of rotatable bonds is 1. The number of nitrogens with zero attached hydrogens (tertiary/aromatic N) is 1. The molecule has 0 aliphatic carbocycles. The summed E-state index contributed by atoms with van der Waals surface area (Å²) in [5, 5.41) is 8.48. The Labute approximate surface area is 104 Å². The third kappa shape index (κ3) is 2.03. The summed E-state index contributed by atoms with van der Waals surface area (Å²) in [6.45, 7) is 3.59. The number of hydrogen-bond acceptors (Lipinski definition) is 3. The summed E-state index contributed by atoms with van der Waals surface area (Å²) in [5.41, 5.74) is 1.36.